The number of carbonyl (C=O) groups excluding carboxylic acids is 1. The summed E-state index contributed by atoms with van der Waals surface area (Å²) >= 11 is 0. The molecule has 0 radical (unpaired) electrons. The summed E-state index contributed by atoms with van der Waals surface area (Å²) < 4.78 is 13.5. The highest BCUT2D eigenvalue weighted by molar-refractivity contribution is 5.94. The van der Waals surface area contributed by atoms with E-state index < -0.39 is 17.7 Å². The van der Waals surface area contributed by atoms with Crippen LogP contribution in [0.15, 0.2) is 18.5 Å². The molecular formula is C12H13FN2O3. The van der Waals surface area contributed by atoms with Crippen LogP contribution < -0.4 is 0 Å². The van der Waals surface area contributed by atoms with Gasteiger partial charge in [-0.25, -0.2) is 4.39 Å². The maximum absolute atomic E-state index is 13.5. The molecule has 1 aromatic rings. The molecule has 2 rings (SSSR count). The number of aromatic nitrogens is 1. The van der Waals surface area contributed by atoms with Crippen molar-refractivity contribution < 1.29 is 19.1 Å². The van der Waals surface area contributed by atoms with Gasteiger partial charge in [-0.1, -0.05) is 0 Å². The zero-order valence-corrected chi connectivity index (χ0v) is 9.67. The summed E-state index contributed by atoms with van der Waals surface area (Å²) in [5.74, 6) is -2.11. The van der Waals surface area contributed by atoms with Gasteiger partial charge in [0.25, 0.3) is 5.91 Å². The summed E-state index contributed by atoms with van der Waals surface area (Å²) in [4.78, 5) is 27.7. The average Bonchev–Trinajstić information content (AvgIpc) is 3.13. The zero-order valence-electron chi connectivity index (χ0n) is 9.67. The van der Waals surface area contributed by atoms with Crippen LogP contribution in [0.3, 0.4) is 0 Å². The highest BCUT2D eigenvalue weighted by Gasteiger charge is 2.34. The first-order valence-corrected chi connectivity index (χ1v) is 5.72. The second kappa shape index (κ2) is 5.12. The Balaban J connectivity index is 2.13. The Hall–Kier alpha value is -1.98. The third-order valence-electron chi connectivity index (χ3n) is 2.82. The van der Waals surface area contributed by atoms with Gasteiger partial charge in [0, 0.05) is 18.8 Å². The quantitative estimate of drug-likeness (QED) is 0.857. The van der Waals surface area contributed by atoms with Crippen LogP contribution in [0, 0.1) is 5.82 Å². The van der Waals surface area contributed by atoms with Gasteiger partial charge in [-0.15, -0.1) is 0 Å². The van der Waals surface area contributed by atoms with Crippen LogP contribution in [0.2, 0.25) is 0 Å². The number of halogens is 1. The van der Waals surface area contributed by atoms with Crippen molar-refractivity contribution in [2.75, 3.05) is 6.54 Å². The summed E-state index contributed by atoms with van der Waals surface area (Å²) in [7, 11) is 0. The van der Waals surface area contributed by atoms with Crippen LogP contribution in [0.25, 0.3) is 0 Å². The second-order valence-corrected chi connectivity index (χ2v) is 4.23. The fourth-order valence-electron chi connectivity index (χ4n) is 1.76. The molecule has 6 heteroatoms. The van der Waals surface area contributed by atoms with E-state index >= 15 is 0 Å². The summed E-state index contributed by atoms with van der Waals surface area (Å²) in [6.07, 6.45) is 3.89. The number of hydrogen-bond donors (Lipinski definition) is 1. The number of carbonyl (C=O) groups is 2. The van der Waals surface area contributed by atoms with E-state index in [0.29, 0.717) is 0 Å². The highest BCUT2D eigenvalue weighted by Crippen LogP contribution is 2.28. The maximum Gasteiger partial charge on any atom is 0.305 e. The largest absolute Gasteiger partial charge is 0.481 e. The molecule has 1 heterocycles. The predicted molar refractivity (Wildman–Crippen MR) is 60.5 cm³/mol. The molecule has 1 saturated carbocycles. The molecule has 5 nitrogen and oxygen atoms in total. The Morgan fingerprint density at radius 3 is 2.78 bits per heavy atom. The van der Waals surface area contributed by atoms with Crippen LogP contribution in [-0.4, -0.2) is 39.5 Å². The van der Waals surface area contributed by atoms with Gasteiger partial charge in [-0.2, -0.15) is 0 Å². The van der Waals surface area contributed by atoms with Crippen molar-refractivity contribution in [2.45, 2.75) is 25.3 Å². The lowest BCUT2D eigenvalue weighted by atomic mass is 10.2. The van der Waals surface area contributed by atoms with E-state index in [-0.39, 0.29) is 24.6 Å². The molecule has 1 aliphatic carbocycles. The Kier molecular flexibility index (Phi) is 3.55. The van der Waals surface area contributed by atoms with Crippen molar-refractivity contribution in [3.63, 3.8) is 0 Å². The van der Waals surface area contributed by atoms with Crippen LogP contribution >= 0.6 is 0 Å². The Morgan fingerprint density at radius 1 is 1.50 bits per heavy atom. The summed E-state index contributed by atoms with van der Waals surface area (Å²) in [6.45, 7) is 0.112. The highest BCUT2D eigenvalue weighted by atomic mass is 19.1. The molecule has 1 fully saturated rings. The van der Waals surface area contributed by atoms with E-state index in [1.54, 1.807) is 0 Å². The third kappa shape index (κ3) is 2.82. The molecule has 0 unspecified atom stereocenters. The molecule has 0 atom stereocenters. The Bertz CT molecular complexity index is 474. The van der Waals surface area contributed by atoms with Crippen LogP contribution in [0.4, 0.5) is 4.39 Å². The standard InChI is InChI=1S/C12H13FN2O3/c13-10-7-14-5-3-9(10)12(18)15(8-1-2-8)6-4-11(16)17/h3,5,7-8H,1-2,4,6H2,(H,16,17). The lowest BCUT2D eigenvalue weighted by Gasteiger charge is -2.21. The molecule has 0 aliphatic heterocycles. The molecule has 1 aliphatic rings. The maximum atomic E-state index is 13.5. The molecule has 0 aromatic carbocycles. The van der Waals surface area contributed by atoms with Crippen molar-refractivity contribution in [3.8, 4) is 0 Å². The molecule has 96 valence electrons. The monoisotopic (exact) mass is 252 g/mol. The fraction of sp³-hybridized carbons (Fsp3) is 0.417. The molecule has 1 N–H and O–H groups in total. The van der Waals surface area contributed by atoms with E-state index in [1.165, 1.54) is 17.2 Å². The van der Waals surface area contributed by atoms with Crippen LogP contribution in [0.5, 0.6) is 0 Å². The Labute approximate surface area is 103 Å². The number of carboxylic acid groups (broad SMARTS) is 1. The molecule has 18 heavy (non-hydrogen) atoms. The van der Waals surface area contributed by atoms with Crippen molar-refractivity contribution in [2.24, 2.45) is 0 Å². The van der Waals surface area contributed by atoms with Gasteiger partial charge in [0.05, 0.1) is 18.2 Å². The van der Waals surface area contributed by atoms with Crippen molar-refractivity contribution in [1.82, 2.24) is 9.88 Å². The van der Waals surface area contributed by atoms with Crippen molar-refractivity contribution in [1.29, 1.82) is 0 Å². The summed E-state index contributed by atoms with van der Waals surface area (Å²) in [6, 6.07) is 1.36. The van der Waals surface area contributed by atoms with Gasteiger partial charge in [0.2, 0.25) is 0 Å². The molecular weight excluding hydrogens is 239 g/mol. The van der Waals surface area contributed by atoms with Gasteiger partial charge in [0.15, 0.2) is 5.82 Å². The van der Waals surface area contributed by atoms with Gasteiger partial charge < -0.3 is 10.0 Å². The minimum atomic E-state index is -0.969. The number of rotatable bonds is 5. The van der Waals surface area contributed by atoms with E-state index in [0.717, 1.165) is 19.0 Å². The first kappa shape index (κ1) is 12.5. The first-order chi connectivity index (χ1) is 8.59. The zero-order chi connectivity index (χ0) is 13.1. The first-order valence-electron chi connectivity index (χ1n) is 5.72. The van der Waals surface area contributed by atoms with Crippen LogP contribution in [-0.2, 0) is 4.79 Å². The SMILES string of the molecule is O=C(O)CCN(C(=O)c1ccncc1F)C1CC1. The normalized spacial score (nSPS) is 14.3. The second-order valence-electron chi connectivity index (χ2n) is 4.23. The van der Waals surface area contributed by atoms with Gasteiger partial charge in [-0.05, 0) is 18.9 Å². The topological polar surface area (TPSA) is 70.5 Å². The number of nitrogens with zero attached hydrogens (tertiary/aromatic N) is 2. The average molecular weight is 252 g/mol. The molecule has 0 saturated heterocycles. The predicted octanol–water partition coefficient (Wildman–Crippen LogP) is 1.30. The smallest absolute Gasteiger partial charge is 0.305 e. The summed E-state index contributed by atoms with van der Waals surface area (Å²) in [5, 5.41) is 8.65. The van der Waals surface area contributed by atoms with E-state index in [2.05, 4.69) is 4.98 Å². The lowest BCUT2D eigenvalue weighted by Crippen LogP contribution is -2.35. The van der Waals surface area contributed by atoms with Crippen molar-refractivity contribution in [3.05, 3.63) is 29.8 Å². The molecule has 0 bridgehead atoms. The lowest BCUT2D eigenvalue weighted by molar-refractivity contribution is -0.137. The number of carboxylic acids is 1. The molecule has 0 spiro atoms. The third-order valence-corrected chi connectivity index (χ3v) is 2.82. The van der Waals surface area contributed by atoms with E-state index in [9.17, 15) is 14.0 Å². The number of pyridine rings is 1. The fourth-order valence-corrected chi connectivity index (χ4v) is 1.76. The molecule has 1 aromatic heterocycles. The Morgan fingerprint density at radius 2 is 2.22 bits per heavy atom. The van der Waals surface area contributed by atoms with Gasteiger partial charge in [0.1, 0.15) is 0 Å². The number of hydrogen-bond acceptors (Lipinski definition) is 3. The number of amides is 1. The van der Waals surface area contributed by atoms with Crippen molar-refractivity contribution >= 4 is 11.9 Å². The summed E-state index contributed by atoms with van der Waals surface area (Å²) in [5.41, 5.74) is -0.0534. The van der Waals surface area contributed by atoms with E-state index in [1.807, 2.05) is 0 Å². The minimum absolute atomic E-state index is 0.0458. The number of aliphatic carboxylic acids is 1. The molecule has 1 amide bonds. The van der Waals surface area contributed by atoms with Crippen LogP contribution in [0.1, 0.15) is 29.6 Å². The van der Waals surface area contributed by atoms with Gasteiger partial charge >= 0.3 is 5.97 Å². The van der Waals surface area contributed by atoms with Gasteiger partial charge in [-0.3, -0.25) is 14.6 Å². The van der Waals surface area contributed by atoms with E-state index in [4.69, 9.17) is 5.11 Å². The minimum Gasteiger partial charge on any atom is -0.481 e.